The lowest BCUT2D eigenvalue weighted by molar-refractivity contribution is 0.235. The summed E-state index contributed by atoms with van der Waals surface area (Å²) in [7, 11) is 0. The molecule has 1 aromatic carbocycles. The molecule has 0 spiro atoms. The molecule has 0 atom stereocenters. The van der Waals surface area contributed by atoms with Crippen LogP contribution in [0.15, 0.2) is 24.3 Å². The molecule has 4 heteroatoms. The number of hydrogen-bond donors (Lipinski definition) is 3. The third-order valence-electron chi connectivity index (χ3n) is 3.45. The van der Waals surface area contributed by atoms with Crippen LogP contribution in [-0.2, 0) is 11.8 Å². The topological polar surface area (TPSA) is 61.4 Å². The number of aryl methyl sites for hydroxylation is 1. The van der Waals surface area contributed by atoms with Gasteiger partial charge < -0.3 is 15.7 Å². The molecular weight excluding hydrogens is 252 g/mol. The quantitative estimate of drug-likeness (QED) is 0.670. The molecule has 0 radical (unpaired) electrons. The molecule has 20 heavy (non-hydrogen) atoms. The van der Waals surface area contributed by atoms with Crippen molar-refractivity contribution in [2.45, 2.75) is 39.0 Å². The zero-order valence-corrected chi connectivity index (χ0v) is 12.7. The van der Waals surface area contributed by atoms with Crippen LogP contribution in [0, 0.1) is 0 Å². The molecule has 0 bridgehead atoms. The summed E-state index contributed by atoms with van der Waals surface area (Å²) in [4.78, 5) is 11.6. The van der Waals surface area contributed by atoms with Gasteiger partial charge in [0, 0.05) is 25.1 Å². The van der Waals surface area contributed by atoms with Gasteiger partial charge in [0.05, 0.1) is 0 Å². The number of carbonyl (C=O) groups excluding carboxylic acids is 1. The van der Waals surface area contributed by atoms with Crippen LogP contribution in [0.25, 0.3) is 0 Å². The number of benzene rings is 1. The van der Waals surface area contributed by atoms with Gasteiger partial charge in [-0.25, -0.2) is 4.79 Å². The van der Waals surface area contributed by atoms with E-state index in [9.17, 15) is 4.79 Å². The van der Waals surface area contributed by atoms with E-state index < -0.39 is 0 Å². The molecule has 0 unspecified atom stereocenters. The molecule has 0 saturated heterocycles. The minimum atomic E-state index is -0.184. The molecule has 1 rings (SSSR count). The van der Waals surface area contributed by atoms with E-state index in [4.69, 9.17) is 5.11 Å². The lowest BCUT2D eigenvalue weighted by Crippen LogP contribution is -2.42. The standard InChI is InChI=1S/C16H26N2O2/c1-4-13-6-8-14(9-7-13)16(2,3)12-18-15(20)17-10-5-11-19/h6-9,19H,4-5,10-12H2,1-3H3,(H2,17,18,20). The highest BCUT2D eigenvalue weighted by Gasteiger charge is 2.21. The fourth-order valence-corrected chi connectivity index (χ4v) is 1.94. The molecule has 0 aromatic heterocycles. The predicted octanol–water partition coefficient (Wildman–Crippen LogP) is 2.21. The molecule has 0 fully saturated rings. The van der Waals surface area contributed by atoms with E-state index in [-0.39, 0.29) is 18.1 Å². The Balaban J connectivity index is 2.49. The number of carbonyl (C=O) groups is 1. The van der Waals surface area contributed by atoms with Crippen molar-refractivity contribution in [2.75, 3.05) is 19.7 Å². The van der Waals surface area contributed by atoms with Gasteiger partial charge in [0.25, 0.3) is 0 Å². The Labute approximate surface area is 121 Å². The smallest absolute Gasteiger partial charge is 0.314 e. The summed E-state index contributed by atoms with van der Waals surface area (Å²) >= 11 is 0. The van der Waals surface area contributed by atoms with Crippen molar-refractivity contribution in [1.82, 2.24) is 10.6 Å². The van der Waals surface area contributed by atoms with Crippen molar-refractivity contribution >= 4 is 6.03 Å². The minimum absolute atomic E-state index is 0.0928. The fourth-order valence-electron chi connectivity index (χ4n) is 1.94. The van der Waals surface area contributed by atoms with Crippen LogP contribution in [0.3, 0.4) is 0 Å². The highest BCUT2D eigenvalue weighted by atomic mass is 16.3. The van der Waals surface area contributed by atoms with Gasteiger partial charge in [0.1, 0.15) is 0 Å². The van der Waals surface area contributed by atoms with Gasteiger partial charge in [0.15, 0.2) is 0 Å². The molecule has 0 saturated carbocycles. The first-order valence-electron chi connectivity index (χ1n) is 7.21. The normalized spacial score (nSPS) is 11.2. The zero-order valence-electron chi connectivity index (χ0n) is 12.7. The second-order valence-electron chi connectivity index (χ2n) is 5.62. The third kappa shape index (κ3) is 5.21. The van der Waals surface area contributed by atoms with E-state index in [1.807, 2.05) is 0 Å². The van der Waals surface area contributed by atoms with E-state index in [2.05, 4.69) is 55.7 Å². The summed E-state index contributed by atoms with van der Waals surface area (Å²) in [6.45, 7) is 7.52. The molecule has 112 valence electrons. The molecular formula is C16H26N2O2. The van der Waals surface area contributed by atoms with Crippen LogP contribution in [0.4, 0.5) is 4.79 Å². The SMILES string of the molecule is CCc1ccc(C(C)(C)CNC(=O)NCCCO)cc1. The molecule has 1 aromatic rings. The number of urea groups is 1. The van der Waals surface area contributed by atoms with Gasteiger partial charge >= 0.3 is 6.03 Å². The van der Waals surface area contributed by atoms with Crippen molar-refractivity contribution in [3.63, 3.8) is 0 Å². The Bertz CT molecular complexity index is 413. The van der Waals surface area contributed by atoms with Gasteiger partial charge in [-0.2, -0.15) is 0 Å². The van der Waals surface area contributed by atoms with E-state index >= 15 is 0 Å². The largest absolute Gasteiger partial charge is 0.396 e. The Morgan fingerprint density at radius 1 is 1.20 bits per heavy atom. The van der Waals surface area contributed by atoms with Gasteiger partial charge in [0.2, 0.25) is 0 Å². The lowest BCUT2D eigenvalue weighted by Gasteiger charge is -2.26. The molecule has 4 nitrogen and oxygen atoms in total. The van der Waals surface area contributed by atoms with Crippen LogP contribution in [-0.4, -0.2) is 30.8 Å². The maximum Gasteiger partial charge on any atom is 0.314 e. The Hall–Kier alpha value is -1.55. The Morgan fingerprint density at radius 3 is 2.40 bits per heavy atom. The summed E-state index contributed by atoms with van der Waals surface area (Å²) in [6.07, 6.45) is 1.61. The number of nitrogens with one attached hydrogen (secondary N) is 2. The van der Waals surface area contributed by atoms with Crippen molar-refractivity contribution in [3.05, 3.63) is 35.4 Å². The molecule has 3 N–H and O–H groups in total. The van der Waals surface area contributed by atoms with Gasteiger partial charge in [-0.1, -0.05) is 45.0 Å². The maximum atomic E-state index is 11.6. The third-order valence-corrected chi connectivity index (χ3v) is 3.45. The molecule has 0 heterocycles. The summed E-state index contributed by atoms with van der Waals surface area (Å²) in [6, 6.07) is 8.35. The van der Waals surface area contributed by atoms with Crippen molar-refractivity contribution in [3.8, 4) is 0 Å². The van der Waals surface area contributed by atoms with E-state index in [1.54, 1.807) is 0 Å². The second kappa shape index (κ2) is 7.90. The first-order valence-corrected chi connectivity index (χ1v) is 7.21. The molecule has 0 aliphatic rings. The van der Waals surface area contributed by atoms with Gasteiger partial charge in [-0.05, 0) is 24.0 Å². The summed E-state index contributed by atoms with van der Waals surface area (Å²) in [5, 5.41) is 14.3. The van der Waals surface area contributed by atoms with Crippen molar-refractivity contribution in [1.29, 1.82) is 0 Å². The van der Waals surface area contributed by atoms with Crippen LogP contribution < -0.4 is 10.6 Å². The zero-order chi connectivity index (χ0) is 15.0. The maximum absolute atomic E-state index is 11.6. The highest BCUT2D eigenvalue weighted by Crippen LogP contribution is 2.22. The van der Waals surface area contributed by atoms with Gasteiger partial charge in [-0.3, -0.25) is 0 Å². The first-order chi connectivity index (χ1) is 9.49. The van der Waals surface area contributed by atoms with E-state index in [1.165, 1.54) is 11.1 Å². The van der Waals surface area contributed by atoms with E-state index in [0.717, 1.165) is 6.42 Å². The predicted molar refractivity (Wildman–Crippen MR) is 82.0 cm³/mol. The number of aliphatic hydroxyl groups is 1. The highest BCUT2D eigenvalue weighted by molar-refractivity contribution is 5.73. The van der Waals surface area contributed by atoms with Crippen LogP contribution in [0.5, 0.6) is 0 Å². The molecule has 0 aliphatic heterocycles. The summed E-state index contributed by atoms with van der Waals surface area (Å²) in [5.41, 5.74) is 2.42. The number of rotatable bonds is 7. The van der Waals surface area contributed by atoms with Crippen molar-refractivity contribution in [2.24, 2.45) is 0 Å². The average Bonchev–Trinajstić information content (AvgIpc) is 2.45. The Morgan fingerprint density at radius 2 is 1.85 bits per heavy atom. The Kier molecular flexibility index (Phi) is 6.52. The minimum Gasteiger partial charge on any atom is -0.396 e. The number of hydrogen-bond acceptors (Lipinski definition) is 2. The van der Waals surface area contributed by atoms with Crippen molar-refractivity contribution < 1.29 is 9.90 Å². The summed E-state index contributed by atoms with van der Waals surface area (Å²) < 4.78 is 0. The van der Waals surface area contributed by atoms with Crippen LogP contribution in [0.2, 0.25) is 0 Å². The second-order valence-corrected chi connectivity index (χ2v) is 5.62. The van der Waals surface area contributed by atoms with E-state index in [0.29, 0.717) is 19.5 Å². The van der Waals surface area contributed by atoms with Crippen LogP contribution >= 0.6 is 0 Å². The molecule has 2 amide bonds. The lowest BCUT2D eigenvalue weighted by atomic mass is 9.84. The number of amides is 2. The number of aliphatic hydroxyl groups excluding tert-OH is 1. The monoisotopic (exact) mass is 278 g/mol. The first kappa shape index (κ1) is 16.5. The summed E-state index contributed by atoms with van der Waals surface area (Å²) in [5.74, 6) is 0. The average molecular weight is 278 g/mol. The molecule has 0 aliphatic carbocycles. The van der Waals surface area contributed by atoms with Crippen LogP contribution in [0.1, 0.15) is 38.3 Å². The fraction of sp³-hybridized carbons (Fsp3) is 0.562. The van der Waals surface area contributed by atoms with Gasteiger partial charge in [-0.15, -0.1) is 0 Å².